The Bertz CT molecular complexity index is 830. The molecule has 1 aliphatic rings. The molecule has 1 saturated carbocycles. The number of rotatable bonds is 5. The van der Waals surface area contributed by atoms with Crippen LogP contribution < -0.4 is 5.32 Å². The number of aromatic nitrogens is 3. The highest BCUT2D eigenvalue weighted by molar-refractivity contribution is 7.18. The summed E-state index contributed by atoms with van der Waals surface area (Å²) < 4.78 is 14.1. The zero-order chi connectivity index (χ0) is 16.4. The average molecular weight is 340 g/mol. The first kappa shape index (κ1) is 15.2. The fourth-order valence-electron chi connectivity index (χ4n) is 3.11. The zero-order valence-electron chi connectivity index (χ0n) is 13.1. The fourth-order valence-corrected chi connectivity index (χ4v) is 3.86. The largest absolute Gasteiger partial charge is 0.359 e. The van der Waals surface area contributed by atoms with Gasteiger partial charge in [0.05, 0.1) is 5.69 Å². The second-order valence-corrected chi connectivity index (χ2v) is 7.08. The molecule has 0 radical (unpaired) electrons. The predicted octanol–water partition coefficient (Wildman–Crippen LogP) is 4.27. The van der Waals surface area contributed by atoms with Crippen molar-refractivity contribution >= 4 is 16.5 Å². The van der Waals surface area contributed by atoms with Gasteiger partial charge in [-0.1, -0.05) is 48.1 Å². The van der Waals surface area contributed by atoms with E-state index in [1.807, 2.05) is 30.3 Å². The van der Waals surface area contributed by atoms with Crippen molar-refractivity contribution < 1.29 is 4.39 Å². The maximum atomic E-state index is 14.1. The lowest BCUT2D eigenvalue weighted by molar-refractivity contribution is 0.243. The molecular formula is C18H17FN4S. The molecule has 122 valence electrons. The van der Waals surface area contributed by atoms with Gasteiger partial charge in [0.25, 0.3) is 0 Å². The molecule has 0 spiro atoms. The first-order valence-electron chi connectivity index (χ1n) is 8.01. The van der Waals surface area contributed by atoms with Crippen LogP contribution in [-0.2, 0) is 5.41 Å². The van der Waals surface area contributed by atoms with Crippen LogP contribution in [0.4, 0.5) is 9.52 Å². The SMILES string of the molecule is Fc1cccnc1C1(CNc2nnc(-c3ccccc3)s2)CCC1. The van der Waals surface area contributed by atoms with Crippen LogP contribution in [-0.4, -0.2) is 21.7 Å². The molecule has 4 nitrogen and oxygen atoms in total. The summed E-state index contributed by atoms with van der Waals surface area (Å²) in [5.74, 6) is -0.221. The van der Waals surface area contributed by atoms with Gasteiger partial charge in [0.1, 0.15) is 10.8 Å². The Morgan fingerprint density at radius 3 is 2.62 bits per heavy atom. The number of pyridine rings is 1. The molecule has 0 amide bonds. The van der Waals surface area contributed by atoms with Crippen LogP contribution in [0, 0.1) is 5.82 Å². The van der Waals surface area contributed by atoms with Crippen LogP contribution in [0.2, 0.25) is 0 Å². The smallest absolute Gasteiger partial charge is 0.206 e. The van der Waals surface area contributed by atoms with Gasteiger partial charge >= 0.3 is 0 Å². The molecule has 3 aromatic rings. The summed E-state index contributed by atoms with van der Waals surface area (Å²) in [6.07, 6.45) is 4.65. The molecule has 6 heteroatoms. The number of anilines is 1. The van der Waals surface area contributed by atoms with E-state index in [4.69, 9.17) is 0 Å². The lowest BCUT2D eigenvalue weighted by Gasteiger charge is -2.41. The number of benzene rings is 1. The molecular weight excluding hydrogens is 323 g/mol. The van der Waals surface area contributed by atoms with Gasteiger partial charge in [0, 0.05) is 23.7 Å². The summed E-state index contributed by atoms with van der Waals surface area (Å²) >= 11 is 1.51. The van der Waals surface area contributed by atoms with Gasteiger partial charge < -0.3 is 5.32 Å². The van der Waals surface area contributed by atoms with Crippen LogP contribution in [0.3, 0.4) is 0 Å². The second-order valence-electron chi connectivity index (χ2n) is 6.10. The Morgan fingerprint density at radius 2 is 1.92 bits per heavy atom. The van der Waals surface area contributed by atoms with Gasteiger partial charge in [-0.05, 0) is 25.0 Å². The Labute approximate surface area is 143 Å². The van der Waals surface area contributed by atoms with E-state index in [0.717, 1.165) is 35.0 Å². The first-order chi connectivity index (χ1) is 11.8. The van der Waals surface area contributed by atoms with E-state index < -0.39 is 0 Å². The van der Waals surface area contributed by atoms with E-state index in [0.29, 0.717) is 12.2 Å². The number of nitrogens with one attached hydrogen (secondary N) is 1. The summed E-state index contributed by atoms with van der Waals surface area (Å²) in [7, 11) is 0. The van der Waals surface area contributed by atoms with Crippen LogP contribution >= 0.6 is 11.3 Å². The normalized spacial score (nSPS) is 15.7. The molecule has 0 atom stereocenters. The Balaban J connectivity index is 1.50. The molecule has 2 aromatic heterocycles. The van der Waals surface area contributed by atoms with Crippen molar-refractivity contribution in [2.75, 3.05) is 11.9 Å². The predicted molar refractivity (Wildman–Crippen MR) is 93.6 cm³/mol. The maximum absolute atomic E-state index is 14.1. The van der Waals surface area contributed by atoms with Crippen LogP contribution in [0.15, 0.2) is 48.7 Å². The van der Waals surface area contributed by atoms with Crippen molar-refractivity contribution in [3.05, 3.63) is 60.2 Å². The van der Waals surface area contributed by atoms with Gasteiger partial charge in [0.2, 0.25) is 5.13 Å². The van der Waals surface area contributed by atoms with E-state index in [9.17, 15) is 4.39 Å². The van der Waals surface area contributed by atoms with Gasteiger partial charge in [-0.25, -0.2) is 4.39 Å². The van der Waals surface area contributed by atoms with Crippen molar-refractivity contribution in [2.45, 2.75) is 24.7 Å². The van der Waals surface area contributed by atoms with Gasteiger partial charge in [-0.3, -0.25) is 4.98 Å². The monoisotopic (exact) mass is 340 g/mol. The van der Waals surface area contributed by atoms with Crippen molar-refractivity contribution in [1.82, 2.24) is 15.2 Å². The van der Waals surface area contributed by atoms with Gasteiger partial charge in [0.15, 0.2) is 0 Å². The standard InChI is InChI=1S/C18H17FN4S/c19-14-8-4-11-20-15(14)18(9-5-10-18)12-21-17-23-22-16(24-17)13-6-2-1-3-7-13/h1-4,6-8,11H,5,9-10,12H2,(H,21,23). The molecule has 2 heterocycles. The van der Waals surface area contributed by atoms with E-state index in [2.05, 4.69) is 20.5 Å². The molecule has 0 bridgehead atoms. The Morgan fingerprint density at radius 1 is 1.08 bits per heavy atom. The first-order valence-corrected chi connectivity index (χ1v) is 8.82. The van der Waals surface area contributed by atoms with Crippen LogP contribution in [0.5, 0.6) is 0 Å². The fraction of sp³-hybridized carbons (Fsp3) is 0.278. The molecule has 1 fully saturated rings. The number of halogens is 1. The second kappa shape index (κ2) is 6.28. The number of nitrogens with zero attached hydrogens (tertiary/aromatic N) is 3. The summed E-state index contributed by atoms with van der Waals surface area (Å²) in [5, 5.41) is 13.4. The maximum Gasteiger partial charge on any atom is 0.206 e. The summed E-state index contributed by atoms with van der Waals surface area (Å²) in [6, 6.07) is 13.1. The van der Waals surface area contributed by atoms with Crippen LogP contribution in [0.25, 0.3) is 10.6 Å². The van der Waals surface area contributed by atoms with Gasteiger partial charge in [-0.2, -0.15) is 0 Å². The highest BCUT2D eigenvalue weighted by Gasteiger charge is 2.41. The van der Waals surface area contributed by atoms with E-state index in [1.54, 1.807) is 12.3 Å². The zero-order valence-corrected chi connectivity index (χ0v) is 13.9. The minimum Gasteiger partial charge on any atom is -0.359 e. The lowest BCUT2D eigenvalue weighted by Crippen LogP contribution is -2.42. The Kier molecular flexibility index (Phi) is 3.98. The number of hydrogen-bond acceptors (Lipinski definition) is 5. The minimum atomic E-state index is -0.232. The molecule has 4 rings (SSSR count). The van der Waals surface area contributed by atoms with E-state index >= 15 is 0 Å². The molecule has 1 N–H and O–H groups in total. The van der Waals surface area contributed by atoms with Crippen molar-refractivity contribution in [1.29, 1.82) is 0 Å². The molecule has 0 unspecified atom stereocenters. The van der Waals surface area contributed by atoms with E-state index in [1.165, 1.54) is 17.4 Å². The quantitative estimate of drug-likeness (QED) is 0.753. The van der Waals surface area contributed by atoms with E-state index in [-0.39, 0.29) is 11.2 Å². The molecule has 0 aliphatic heterocycles. The highest BCUT2D eigenvalue weighted by atomic mass is 32.1. The summed E-state index contributed by atoms with van der Waals surface area (Å²) in [5.41, 5.74) is 1.39. The summed E-state index contributed by atoms with van der Waals surface area (Å²) in [6.45, 7) is 0.629. The van der Waals surface area contributed by atoms with Crippen LogP contribution in [0.1, 0.15) is 25.0 Å². The third-order valence-electron chi connectivity index (χ3n) is 4.60. The minimum absolute atomic E-state index is 0.221. The molecule has 1 aliphatic carbocycles. The Hall–Kier alpha value is -2.34. The molecule has 24 heavy (non-hydrogen) atoms. The van der Waals surface area contributed by atoms with Crippen molar-refractivity contribution in [3.63, 3.8) is 0 Å². The molecule has 0 saturated heterocycles. The molecule has 1 aromatic carbocycles. The summed E-state index contributed by atoms with van der Waals surface area (Å²) in [4.78, 5) is 4.29. The van der Waals surface area contributed by atoms with Gasteiger partial charge in [-0.15, -0.1) is 10.2 Å². The lowest BCUT2D eigenvalue weighted by atomic mass is 9.66. The third-order valence-corrected chi connectivity index (χ3v) is 5.53. The topological polar surface area (TPSA) is 50.7 Å². The average Bonchev–Trinajstić information content (AvgIpc) is 3.05. The number of hydrogen-bond donors (Lipinski definition) is 1. The van der Waals surface area contributed by atoms with Crippen molar-refractivity contribution in [2.24, 2.45) is 0 Å². The third kappa shape index (κ3) is 2.78. The van der Waals surface area contributed by atoms with Crippen molar-refractivity contribution in [3.8, 4) is 10.6 Å². The highest BCUT2D eigenvalue weighted by Crippen LogP contribution is 2.44.